The molecule has 0 aliphatic carbocycles. The zero-order chi connectivity index (χ0) is 19.9. The van der Waals surface area contributed by atoms with Gasteiger partial charge >= 0.3 is 0 Å². The summed E-state index contributed by atoms with van der Waals surface area (Å²) in [6.07, 6.45) is 0. The fourth-order valence-corrected chi connectivity index (χ4v) is 5.93. The molecule has 3 aromatic rings. The molecule has 0 unspecified atom stereocenters. The molecule has 0 radical (unpaired) electrons. The molecule has 148 valence electrons. The molecule has 2 aromatic carbocycles. The van der Waals surface area contributed by atoms with Crippen LogP contribution in [0.25, 0.3) is 10.2 Å². The second-order valence-corrected chi connectivity index (χ2v) is 9.96. The van der Waals surface area contributed by atoms with Crippen LogP contribution >= 0.6 is 22.9 Å². The van der Waals surface area contributed by atoms with Gasteiger partial charge < -0.3 is 9.64 Å². The van der Waals surface area contributed by atoms with E-state index in [0.717, 1.165) is 26.7 Å². The number of aromatic nitrogens is 1. The first kappa shape index (κ1) is 19.4. The zero-order valence-electron chi connectivity index (χ0n) is 15.6. The molecule has 28 heavy (non-hydrogen) atoms. The van der Waals surface area contributed by atoms with Gasteiger partial charge in [-0.3, -0.25) is 0 Å². The number of halogens is 1. The predicted octanol–water partition coefficient (Wildman–Crippen LogP) is 3.78. The van der Waals surface area contributed by atoms with Gasteiger partial charge in [0, 0.05) is 31.2 Å². The molecule has 0 N–H and O–H groups in total. The van der Waals surface area contributed by atoms with Crippen molar-refractivity contribution in [3.05, 3.63) is 47.0 Å². The van der Waals surface area contributed by atoms with Gasteiger partial charge in [-0.05, 0) is 42.8 Å². The van der Waals surface area contributed by atoms with Gasteiger partial charge in [0.15, 0.2) is 5.13 Å². The van der Waals surface area contributed by atoms with E-state index in [1.165, 1.54) is 4.31 Å². The highest BCUT2D eigenvalue weighted by atomic mass is 35.5. The summed E-state index contributed by atoms with van der Waals surface area (Å²) in [7, 11) is -1.87. The van der Waals surface area contributed by atoms with Crippen molar-refractivity contribution in [3.63, 3.8) is 0 Å². The Labute approximate surface area is 173 Å². The maximum atomic E-state index is 12.8. The lowest BCUT2D eigenvalue weighted by molar-refractivity contribution is 0.385. The molecule has 6 nitrogen and oxygen atoms in total. The average Bonchev–Trinajstić information content (AvgIpc) is 3.15. The van der Waals surface area contributed by atoms with Crippen molar-refractivity contribution < 1.29 is 13.2 Å². The maximum absolute atomic E-state index is 12.8. The molecular weight excluding hydrogens is 418 g/mol. The number of fused-ring (bicyclic) bond motifs is 1. The molecule has 1 fully saturated rings. The van der Waals surface area contributed by atoms with Gasteiger partial charge in [-0.15, -0.1) is 0 Å². The molecule has 0 saturated carbocycles. The Balaban J connectivity index is 1.54. The van der Waals surface area contributed by atoms with Gasteiger partial charge in [0.05, 0.1) is 16.7 Å². The first-order valence-electron chi connectivity index (χ1n) is 8.85. The van der Waals surface area contributed by atoms with Crippen LogP contribution in [-0.2, 0) is 10.0 Å². The van der Waals surface area contributed by atoms with Crippen LogP contribution in [0.3, 0.4) is 0 Å². The number of aryl methyl sites for hydroxylation is 1. The second kappa shape index (κ2) is 7.51. The van der Waals surface area contributed by atoms with Crippen molar-refractivity contribution in [1.82, 2.24) is 9.29 Å². The van der Waals surface area contributed by atoms with E-state index in [9.17, 15) is 8.42 Å². The lowest BCUT2D eigenvalue weighted by Crippen LogP contribution is -2.48. The third-order valence-corrected chi connectivity index (χ3v) is 8.29. The van der Waals surface area contributed by atoms with Gasteiger partial charge in [-0.2, -0.15) is 4.31 Å². The minimum Gasteiger partial charge on any atom is -0.494 e. The Kier molecular flexibility index (Phi) is 5.22. The number of piperazine rings is 1. The van der Waals surface area contributed by atoms with Crippen LogP contribution in [0, 0.1) is 6.92 Å². The first-order valence-corrected chi connectivity index (χ1v) is 11.5. The summed E-state index contributed by atoms with van der Waals surface area (Å²) in [6, 6.07) is 10.2. The molecule has 1 aliphatic rings. The fourth-order valence-electron chi connectivity index (χ4n) is 3.27. The molecule has 0 spiro atoms. The first-order chi connectivity index (χ1) is 13.4. The van der Waals surface area contributed by atoms with Gasteiger partial charge in [-0.1, -0.05) is 29.0 Å². The quantitative estimate of drug-likeness (QED) is 0.621. The largest absolute Gasteiger partial charge is 0.494 e. The van der Waals surface area contributed by atoms with E-state index in [4.69, 9.17) is 21.3 Å². The summed E-state index contributed by atoms with van der Waals surface area (Å²) in [5.41, 5.74) is 2.02. The van der Waals surface area contributed by atoms with Crippen molar-refractivity contribution in [2.75, 3.05) is 38.2 Å². The fraction of sp³-hybridized carbons (Fsp3) is 0.316. The molecule has 1 aromatic heterocycles. The Hall–Kier alpha value is -1.87. The Morgan fingerprint density at radius 3 is 2.39 bits per heavy atom. The molecule has 0 amide bonds. The standard InChI is InChI=1S/C19H20ClN3O3S2/c1-13-3-8-16(26-2)17-18(13)27-19(21-17)22-9-11-23(12-10-22)28(24,25)15-6-4-14(20)5-7-15/h3-8H,9-12H2,1-2H3. The number of methoxy groups -OCH3 is 1. The van der Waals surface area contributed by atoms with E-state index in [1.807, 2.05) is 12.1 Å². The molecule has 4 rings (SSSR count). The van der Waals surface area contributed by atoms with Gasteiger partial charge in [0.2, 0.25) is 10.0 Å². The van der Waals surface area contributed by atoms with E-state index >= 15 is 0 Å². The van der Waals surface area contributed by atoms with Crippen molar-refractivity contribution in [3.8, 4) is 5.75 Å². The zero-order valence-corrected chi connectivity index (χ0v) is 17.9. The minimum atomic E-state index is -3.52. The van der Waals surface area contributed by atoms with E-state index in [2.05, 4.69) is 11.8 Å². The molecular formula is C19H20ClN3O3S2. The lowest BCUT2D eigenvalue weighted by atomic mass is 10.2. The summed E-state index contributed by atoms with van der Waals surface area (Å²) in [5, 5.41) is 1.41. The number of thiazole rings is 1. The number of rotatable bonds is 4. The highest BCUT2D eigenvalue weighted by Crippen LogP contribution is 2.36. The van der Waals surface area contributed by atoms with Crippen molar-refractivity contribution >= 4 is 48.3 Å². The summed E-state index contributed by atoms with van der Waals surface area (Å²) in [5.74, 6) is 0.757. The van der Waals surface area contributed by atoms with Crippen LogP contribution in [0.15, 0.2) is 41.3 Å². The number of sulfonamides is 1. The lowest BCUT2D eigenvalue weighted by Gasteiger charge is -2.33. The SMILES string of the molecule is COc1ccc(C)c2sc(N3CCN(S(=O)(=O)c4ccc(Cl)cc4)CC3)nc12. The number of ether oxygens (including phenoxy) is 1. The highest BCUT2D eigenvalue weighted by molar-refractivity contribution is 7.89. The molecule has 1 aliphatic heterocycles. The number of nitrogens with zero attached hydrogens (tertiary/aromatic N) is 3. The monoisotopic (exact) mass is 437 g/mol. The third kappa shape index (κ3) is 3.45. The maximum Gasteiger partial charge on any atom is 0.243 e. The van der Waals surface area contributed by atoms with Crippen LogP contribution in [0.4, 0.5) is 5.13 Å². The predicted molar refractivity (Wildman–Crippen MR) is 113 cm³/mol. The van der Waals surface area contributed by atoms with Crippen LogP contribution in [0.5, 0.6) is 5.75 Å². The van der Waals surface area contributed by atoms with Crippen LogP contribution in [0.2, 0.25) is 5.02 Å². The van der Waals surface area contributed by atoms with Gasteiger partial charge in [-0.25, -0.2) is 13.4 Å². The van der Waals surface area contributed by atoms with E-state index < -0.39 is 10.0 Å². The van der Waals surface area contributed by atoms with Crippen molar-refractivity contribution in [2.45, 2.75) is 11.8 Å². The summed E-state index contributed by atoms with van der Waals surface area (Å²) in [6.45, 7) is 4.07. The van der Waals surface area contributed by atoms with Crippen molar-refractivity contribution in [1.29, 1.82) is 0 Å². The smallest absolute Gasteiger partial charge is 0.243 e. The van der Waals surface area contributed by atoms with E-state index in [-0.39, 0.29) is 4.90 Å². The van der Waals surface area contributed by atoms with Crippen molar-refractivity contribution in [2.24, 2.45) is 0 Å². The highest BCUT2D eigenvalue weighted by Gasteiger charge is 2.29. The summed E-state index contributed by atoms with van der Waals surface area (Å²) in [4.78, 5) is 7.17. The molecule has 9 heteroatoms. The Morgan fingerprint density at radius 1 is 1.07 bits per heavy atom. The normalized spacial score (nSPS) is 15.9. The second-order valence-electron chi connectivity index (χ2n) is 6.60. The van der Waals surface area contributed by atoms with E-state index in [1.54, 1.807) is 42.7 Å². The molecule has 2 heterocycles. The number of anilines is 1. The third-order valence-electron chi connectivity index (χ3n) is 4.87. The van der Waals surface area contributed by atoms with Crippen LogP contribution < -0.4 is 9.64 Å². The topological polar surface area (TPSA) is 62.7 Å². The number of hydrogen-bond donors (Lipinski definition) is 0. The summed E-state index contributed by atoms with van der Waals surface area (Å²) < 4.78 is 33.7. The van der Waals surface area contributed by atoms with Crippen LogP contribution in [-0.4, -0.2) is 51.0 Å². The average molecular weight is 438 g/mol. The minimum absolute atomic E-state index is 0.269. The Bertz CT molecular complexity index is 1110. The molecule has 0 atom stereocenters. The Morgan fingerprint density at radius 2 is 1.75 bits per heavy atom. The number of hydrogen-bond acceptors (Lipinski definition) is 6. The summed E-state index contributed by atoms with van der Waals surface area (Å²) >= 11 is 7.49. The van der Waals surface area contributed by atoms with Crippen LogP contribution in [0.1, 0.15) is 5.56 Å². The van der Waals surface area contributed by atoms with E-state index in [0.29, 0.717) is 31.2 Å². The van der Waals surface area contributed by atoms with Gasteiger partial charge in [0.1, 0.15) is 11.3 Å². The van der Waals surface area contributed by atoms with Gasteiger partial charge in [0.25, 0.3) is 0 Å². The number of benzene rings is 2. The molecule has 1 saturated heterocycles. The molecule has 0 bridgehead atoms.